The van der Waals surface area contributed by atoms with E-state index < -0.39 is 24.7 Å². The summed E-state index contributed by atoms with van der Waals surface area (Å²) in [6.07, 6.45) is -5.66. The van der Waals surface area contributed by atoms with Crippen LogP contribution in [0.2, 0.25) is 5.02 Å². The molecule has 23 heavy (non-hydrogen) atoms. The molecule has 2 rings (SSSR count). The molecule has 0 aromatic heterocycles. The third-order valence-corrected chi connectivity index (χ3v) is 3.58. The molecule has 1 aliphatic heterocycles. The van der Waals surface area contributed by atoms with Crippen LogP contribution in [0.1, 0.15) is 18.0 Å². The summed E-state index contributed by atoms with van der Waals surface area (Å²) in [7, 11) is 0. The van der Waals surface area contributed by atoms with Crippen molar-refractivity contribution in [3.63, 3.8) is 0 Å². The minimum Gasteiger partial charge on any atom is -0.353 e. The molecule has 0 spiro atoms. The number of carbonyl (C=O) groups excluding carboxylic acids is 2. The molecule has 2 N–H and O–H groups in total. The Morgan fingerprint density at radius 3 is 2.57 bits per heavy atom. The van der Waals surface area contributed by atoms with Crippen molar-refractivity contribution in [3.8, 4) is 0 Å². The Hall–Kier alpha value is -1.96. The molecule has 9 heteroatoms. The quantitative estimate of drug-likeness (QED) is 0.880. The van der Waals surface area contributed by atoms with Gasteiger partial charge in [-0.2, -0.15) is 13.2 Å². The highest BCUT2D eigenvalue weighted by atomic mass is 35.5. The van der Waals surface area contributed by atoms with E-state index in [2.05, 4.69) is 10.6 Å². The second-order valence-electron chi connectivity index (χ2n) is 5.14. The van der Waals surface area contributed by atoms with E-state index in [0.29, 0.717) is 10.6 Å². The van der Waals surface area contributed by atoms with E-state index in [1.807, 2.05) is 0 Å². The van der Waals surface area contributed by atoms with Gasteiger partial charge in [0.05, 0.1) is 12.5 Å². The van der Waals surface area contributed by atoms with Gasteiger partial charge in [0, 0.05) is 18.1 Å². The van der Waals surface area contributed by atoms with Crippen LogP contribution in [0.3, 0.4) is 0 Å². The highest BCUT2D eigenvalue weighted by Crippen LogP contribution is 2.30. The normalized spacial score (nSPS) is 16.7. The fourth-order valence-corrected chi connectivity index (χ4v) is 2.36. The number of nitrogens with zero attached hydrogens (tertiary/aromatic N) is 1. The monoisotopic (exact) mass is 349 g/mol. The molecule has 1 aromatic rings. The van der Waals surface area contributed by atoms with E-state index in [9.17, 15) is 22.8 Å². The molecule has 1 saturated heterocycles. The number of piperazine rings is 1. The van der Waals surface area contributed by atoms with Crippen LogP contribution in [0.15, 0.2) is 24.3 Å². The van der Waals surface area contributed by atoms with Gasteiger partial charge in [0.2, 0.25) is 5.91 Å². The first kappa shape index (κ1) is 17.4. The van der Waals surface area contributed by atoms with Crippen molar-refractivity contribution in [1.29, 1.82) is 0 Å². The predicted molar refractivity (Wildman–Crippen MR) is 78.0 cm³/mol. The second-order valence-corrected chi connectivity index (χ2v) is 5.58. The van der Waals surface area contributed by atoms with Gasteiger partial charge in [-0.1, -0.05) is 23.7 Å². The van der Waals surface area contributed by atoms with E-state index >= 15 is 0 Å². The molecule has 1 atom stereocenters. The lowest BCUT2D eigenvalue weighted by Crippen LogP contribution is -2.53. The van der Waals surface area contributed by atoms with Crippen LogP contribution in [-0.2, 0) is 4.79 Å². The second kappa shape index (κ2) is 7.08. The van der Waals surface area contributed by atoms with Crippen molar-refractivity contribution in [2.75, 3.05) is 19.6 Å². The molecule has 0 bridgehead atoms. The first-order chi connectivity index (χ1) is 10.7. The van der Waals surface area contributed by atoms with Crippen molar-refractivity contribution < 1.29 is 22.8 Å². The van der Waals surface area contributed by atoms with Gasteiger partial charge in [-0.15, -0.1) is 0 Å². The number of rotatable bonds is 3. The zero-order valence-corrected chi connectivity index (χ0v) is 12.7. The van der Waals surface area contributed by atoms with Gasteiger partial charge in [0.1, 0.15) is 6.54 Å². The van der Waals surface area contributed by atoms with E-state index in [4.69, 9.17) is 11.6 Å². The van der Waals surface area contributed by atoms with Crippen LogP contribution >= 0.6 is 11.6 Å². The molecule has 5 nitrogen and oxygen atoms in total. The minimum atomic E-state index is -4.45. The number of hydrogen-bond donors (Lipinski definition) is 2. The number of urea groups is 1. The van der Waals surface area contributed by atoms with Gasteiger partial charge in [-0.25, -0.2) is 4.79 Å². The SMILES string of the molecule is O=C1CN(C(=O)NC(CC(F)(F)F)c2ccc(Cl)cc2)CCN1. The maximum atomic E-state index is 12.8. The molecule has 0 saturated carbocycles. The van der Waals surface area contributed by atoms with Crippen LogP contribution < -0.4 is 10.6 Å². The zero-order chi connectivity index (χ0) is 17.0. The molecule has 0 radical (unpaired) electrons. The Bertz CT molecular complexity index is 578. The topological polar surface area (TPSA) is 61.4 Å². The lowest BCUT2D eigenvalue weighted by molar-refractivity contribution is -0.140. The van der Waals surface area contributed by atoms with Crippen LogP contribution in [-0.4, -0.2) is 42.6 Å². The molecule has 1 heterocycles. The maximum absolute atomic E-state index is 12.8. The van der Waals surface area contributed by atoms with Gasteiger partial charge in [0.15, 0.2) is 0 Å². The summed E-state index contributed by atoms with van der Waals surface area (Å²) in [5.41, 5.74) is 0.293. The van der Waals surface area contributed by atoms with Crippen molar-refractivity contribution in [1.82, 2.24) is 15.5 Å². The van der Waals surface area contributed by atoms with E-state index in [1.54, 1.807) is 0 Å². The van der Waals surface area contributed by atoms with Crippen molar-refractivity contribution in [3.05, 3.63) is 34.9 Å². The Balaban J connectivity index is 2.12. The standard InChI is InChI=1S/C14H15ClF3N3O2/c15-10-3-1-9(2-4-10)11(7-14(16,17)18)20-13(23)21-6-5-19-12(22)8-21/h1-4,11H,5-8H2,(H,19,22)(H,20,23). The zero-order valence-electron chi connectivity index (χ0n) is 12.0. The molecular formula is C14H15ClF3N3O2. The van der Waals surface area contributed by atoms with Gasteiger partial charge >= 0.3 is 12.2 Å². The fraction of sp³-hybridized carbons (Fsp3) is 0.429. The third-order valence-electron chi connectivity index (χ3n) is 3.33. The average molecular weight is 350 g/mol. The molecular weight excluding hydrogens is 335 g/mol. The van der Waals surface area contributed by atoms with E-state index in [-0.39, 0.29) is 25.5 Å². The molecule has 1 fully saturated rings. The predicted octanol–water partition coefficient (Wildman–Crippen LogP) is 2.47. The average Bonchev–Trinajstić information content (AvgIpc) is 2.46. The summed E-state index contributed by atoms with van der Waals surface area (Å²) in [6.45, 7) is 0.346. The number of halogens is 4. The van der Waals surface area contributed by atoms with Gasteiger partial charge in [-0.05, 0) is 17.7 Å². The summed E-state index contributed by atoms with van der Waals surface area (Å²) in [5.74, 6) is -0.342. The van der Waals surface area contributed by atoms with Crippen LogP contribution in [0.5, 0.6) is 0 Å². The van der Waals surface area contributed by atoms with Crippen LogP contribution in [0.25, 0.3) is 0 Å². The highest BCUT2D eigenvalue weighted by Gasteiger charge is 2.34. The Kier molecular flexibility index (Phi) is 5.35. The number of carbonyl (C=O) groups is 2. The lowest BCUT2D eigenvalue weighted by Gasteiger charge is -2.29. The lowest BCUT2D eigenvalue weighted by atomic mass is 10.0. The number of hydrogen-bond acceptors (Lipinski definition) is 2. The summed E-state index contributed by atoms with van der Waals surface area (Å²) in [4.78, 5) is 24.6. The smallest absolute Gasteiger partial charge is 0.353 e. The largest absolute Gasteiger partial charge is 0.391 e. The first-order valence-corrected chi connectivity index (χ1v) is 7.27. The first-order valence-electron chi connectivity index (χ1n) is 6.89. The van der Waals surface area contributed by atoms with Gasteiger partial charge in [0.25, 0.3) is 0 Å². The molecule has 3 amide bonds. The molecule has 1 aromatic carbocycles. The van der Waals surface area contributed by atoms with E-state index in [1.165, 1.54) is 29.2 Å². The summed E-state index contributed by atoms with van der Waals surface area (Å²) < 4.78 is 38.3. The fourth-order valence-electron chi connectivity index (χ4n) is 2.23. The third kappa shape index (κ3) is 5.31. The molecule has 0 aliphatic carbocycles. The van der Waals surface area contributed by atoms with Gasteiger partial charge < -0.3 is 15.5 Å². The maximum Gasteiger partial charge on any atom is 0.391 e. The summed E-state index contributed by atoms with van der Waals surface area (Å²) in [6, 6.07) is 3.83. The van der Waals surface area contributed by atoms with Crippen LogP contribution in [0, 0.1) is 0 Å². The van der Waals surface area contributed by atoms with Crippen molar-refractivity contribution in [2.24, 2.45) is 0 Å². The van der Waals surface area contributed by atoms with Crippen molar-refractivity contribution in [2.45, 2.75) is 18.6 Å². The molecule has 1 aliphatic rings. The highest BCUT2D eigenvalue weighted by molar-refractivity contribution is 6.30. The van der Waals surface area contributed by atoms with Gasteiger partial charge in [-0.3, -0.25) is 4.79 Å². The Labute approximate surface area is 135 Å². The van der Waals surface area contributed by atoms with Crippen molar-refractivity contribution >= 4 is 23.5 Å². The number of amides is 3. The molecule has 1 unspecified atom stereocenters. The van der Waals surface area contributed by atoms with Crippen LogP contribution in [0.4, 0.5) is 18.0 Å². The molecule has 126 valence electrons. The Morgan fingerprint density at radius 1 is 1.35 bits per heavy atom. The van der Waals surface area contributed by atoms with E-state index in [0.717, 1.165) is 0 Å². The number of nitrogens with one attached hydrogen (secondary N) is 2. The summed E-state index contributed by atoms with van der Waals surface area (Å²) in [5, 5.41) is 5.27. The number of benzene rings is 1. The summed E-state index contributed by atoms with van der Waals surface area (Å²) >= 11 is 5.73. The minimum absolute atomic E-state index is 0.175. The number of alkyl halides is 3. The Morgan fingerprint density at radius 2 is 2.00 bits per heavy atom.